The second-order valence-corrected chi connectivity index (χ2v) is 3.49. The van der Waals surface area contributed by atoms with Gasteiger partial charge in [-0.25, -0.2) is 9.78 Å². The number of fused-ring (bicyclic) bond motifs is 1. The Hall–Kier alpha value is -1.81. The molecule has 2 rings (SSSR count). The summed E-state index contributed by atoms with van der Waals surface area (Å²) >= 11 is 0. The second-order valence-electron chi connectivity index (χ2n) is 3.49. The highest BCUT2D eigenvalue weighted by Gasteiger charge is 2.49. The van der Waals surface area contributed by atoms with Gasteiger partial charge in [-0.15, -0.1) is 0 Å². The minimum Gasteiger partial charge on any atom is -0.431 e. The Labute approximate surface area is 98.5 Å². The smallest absolute Gasteiger partial charge is 0.431 e. The third kappa shape index (κ3) is 2.11. The van der Waals surface area contributed by atoms with Crippen LogP contribution in [0.4, 0.5) is 23.8 Å². The summed E-state index contributed by atoms with van der Waals surface area (Å²) < 4.78 is 42.4. The molecule has 1 aromatic rings. The number of alkyl halides is 3. The quantitative estimate of drug-likeness (QED) is 0.616. The van der Waals surface area contributed by atoms with E-state index in [0.29, 0.717) is 0 Å². The fourth-order valence-corrected chi connectivity index (χ4v) is 1.61. The molecule has 1 aromatic heterocycles. The van der Waals surface area contributed by atoms with Gasteiger partial charge in [0.05, 0.1) is 0 Å². The molecule has 0 bridgehead atoms. The molecule has 96 valence electrons. The number of rotatable bonds is 1. The van der Waals surface area contributed by atoms with E-state index in [1.807, 2.05) is 5.32 Å². The molecule has 0 saturated heterocycles. The summed E-state index contributed by atoms with van der Waals surface area (Å²) in [4.78, 5) is 14.5. The number of aromatic nitrogens is 1. The van der Waals surface area contributed by atoms with Crippen molar-refractivity contribution >= 4 is 24.5 Å². The van der Waals surface area contributed by atoms with Crippen LogP contribution in [0.3, 0.4) is 0 Å². The predicted molar refractivity (Wildman–Crippen MR) is 53.0 cm³/mol. The number of nitrogens with one attached hydrogen (secondary N) is 1. The summed E-state index contributed by atoms with van der Waals surface area (Å²) in [7, 11) is -2.13. The van der Waals surface area contributed by atoms with E-state index in [4.69, 9.17) is 10.0 Å². The van der Waals surface area contributed by atoms with Crippen molar-refractivity contribution in [2.45, 2.75) is 12.3 Å². The maximum absolute atomic E-state index is 12.7. The number of amides is 1. The number of cyclic esters (lactones) is 1. The summed E-state index contributed by atoms with van der Waals surface area (Å²) in [6.45, 7) is 0. The normalized spacial score (nSPS) is 18.7. The largest absolute Gasteiger partial charge is 0.489 e. The van der Waals surface area contributed by atoms with Crippen LogP contribution in [-0.2, 0) is 4.74 Å². The molecule has 1 aliphatic heterocycles. The van der Waals surface area contributed by atoms with E-state index < -0.39 is 42.3 Å². The van der Waals surface area contributed by atoms with Gasteiger partial charge in [0.25, 0.3) is 0 Å². The van der Waals surface area contributed by atoms with Crippen molar-refractivity contribution in [2.24, 2.45) is 0 Å². The van der Waals surface area contributed by atoms with Crippen molar-refractivity contribution in [3.05, 3.63) is 17.8 Å². The van der Waals surface area contributed by atoms with Gasteiger partial charge in [0.1, 0.15) is 5.82 Å². The zero-order valence-corrected chi connectivity index (χ0v) is 8.60. The van der Waals surface area contributed by atoms with Gasteiger partial charge in [0.15, 0.2) is 0 Å². The molecule has 0 aliphatic carbocycles. The maximum Gasteiger partial charge on any atom is 0.489 e. The van der Waals surface area contributed by atoms with Crippen LogP contribution >= 0.6 is 0 Å². The molecule has 1 atom stereocenters. The van der Waals surface area contributed by atoms with Gasteiger partial charge in [0.2, 0.25) is 6.10 Å². The average Bonchev–Trinajstić information content (AvgIpc) is 2.25. The first-order valence-electron chi connectivity index (χ1n) is 4.70. The molecule has 0 aromatic carbocycles. The number of pyridine rings is 1. The molecule has 6 nitrogen and oxygen atoms in total. The van der Waals surface area contributed by atoms with Crippen molar-refractivity contribution in [2.75, 3.05) is 5.32 Å². The lowest BCUT2D eigenvalue weighted by atomic mass is 9.76. The number of halogens is 3. The van der Waals surface area contributed by atoms with E-state index in [2.05, 4.69) is 9.72 Å². The van der Waals surface area contributed by atoms with Crippen molar-refractivity contribution in [3.8, 4) is 0 Å². The van der Waals surface area contributed by atoms with E-state index in [1.54, 1.807) is 0 Å². The first kappa shape index (κ1) is 12.6. The summed E-state index contributed by atoms with van der Waals surface area (Å²) in [5.74, 6) is -0.404. The zero-order valence-electron chi connectivity index (χ0n) is 8.60. The van der Waals surface area contributed by atoms with E-state index in [9.17, 15) is 18.0 Å². The predicted octanol–water partition coefficient (Wildman–Crippen LogP) is -0.0731. The van der Waals surface area contributed by atoms with Crippen LogP contribution in [0.1, 0.15) is 11.7 Å². The fraction of sp³-hybridized carbons (Fsp3) is 0.250. The Kier molecular flexibility index (Phi) is 2.91. The Balaban J connectivity index is 2.61. The molecule has 0 spiro atoms. The molecule has 2 heterocycles. The minimum absolute atomic E-state index is 0.404. The molecular formula is C8H6BF3N2O4. The monoisotopic (exact) mass is 262 g/mol. The number of nitrogens with zero attached hydrogens (tertiary/aromatic N) is 1. The van der Waals surface area contributed by atoms with E-state index >= 15 is 0 Å². The van der Waals surface area contributed by atoms with Gasteiger partial charge >= 0.3 is 19.4 Å². The Morgan fingerprint density at radius 2 is 2.11 bits per heavy atom. The van der Waals surface area contributed by atoms with Crippen LogP contribution in [0.25, 0.3) is 0 Å². The first-order chi connectivity index (χ1) is 8.30. The third-order valence-corrected chi connectivity index (χ3v) is 2.31. The molecule has 3 N–H and O–H groups in total. The second kappa shape index (κ2) is 4.14. The fourth-order valence-electron chi connectivity index (χ4n) is 1.61. The number of carbonyl (C=O) groups excluding carboxylic acids is 1. The number of hydrogen-bond acceptors (Lipinski definition) is 5. The molecule has 10 heteroatoms. The minimum atomic E-state index is -4.88. The lowest BCUT2D eigenvalue weighted by Crippen LogP contribution is -2.42. The van der Waals surface area contributed by atoms with Crippen molar-refractivity contribution in [3.63, 3.8) is 0 Å². The van der Waals surface area contributed by atoms with Gasteiger partial charge < -0.3 is 14.8 Å². The molecule has 1 aliphatic rings. The highest BCUT2D eigenvalue weighted by Crippen LogP contribution is 2.40. The SMILES string of the molecule is O=C1Nc2nccc(B(O)O)c2[C@H](C(F)(F)F)O1. The van der Waals surface area contributed by atoms with Gasteiger partial charge in [-0.05, 0) is 11.5 Å². The third-order valence-electron chi connectivity index (χ3n) is 2.31. The van der Waals surface area contributed by atoms with Gasteiger partial charge in [-0.2, -0.15) is 13.2 Å². The average molecular weight is 262 g/mol. The van der Waals surface area contributed by atoms with Crippen molar-refractivity contribution in [1.82, 2.24) is 4.98 Å². The highest BCUT2D eigenvalue weighted by atomic mass is 19.4. The summed E-state index contributed by atoms with van der Waals surface area (Å²) in [5.41, 5.74) is -1.04. The summed E-state index contributed by atoms with van der Waals surface area (Å²) in [6.07, 6.45) is -7.71. The molecule has 0 radical (unpaired) electrons. The van der Waals surface area contributed by atoms with Crippen LogP contribution in [0, 0.1) is 0 Å². The van der Waals surface area contributed by atoms with Crippen LogP contribution in [0.5, 0.6) is 0 Å². The first-order valence-corrected chi connectivity index (χ1v) is 4.70. The molecule has 18 heavy (non-hydrogen) atoms. The summed E-state index contributed by atoms with van der Waals surface area (Å²) in [5, 5.41) is 20.0. The van der Waals surface area contributed by atoms with Crippen LogP contribution in [0.15, 0.2) is 12.3 Å². The van der Waals surface area contributed by atoms with Crippen LogP contribution < -0.4 is 10.8 Å². The lowest BCUT2D eigenvalue weighted by Gasteiger charge is -2.28. The standard InChI is InChI=1S/C8H6BF3N2O4/c10-8(11,12)5-4-3(9(16)17)1-2-13-6(4)14-7(15)18-5/h1-2,5,16-17H,(H,13,14,15)/t5-/m1/s1. The highest BCUT2D eigenvalue weighted by molar-refractivity contribution is 6.59. The lowest BCUT2D eigenvalue weighted by molar-refractivity contribution is -0.206. The topological polar surface area (TPSA) is 91.7 Å². The molecule has 0 fully saturated rings. The van der Waals surface area contributed by atoms with E-state index in [1.165, 1.54) is 0 Å². The number of anilines is 1. The van der Waals surface area contributed by atoms with Crippen LogP contribution in [0.2, 0.25) is 0 Å². The van der Waals surface area contributed by atoms with Gasteiger partial charge in [-0.1, -0.05) is 0 Å². The van der Waals surface area contributed by atoms with Crippen molar-refractivity contribution in [1.29, 1.82) is 0 Å². The molecular weight excluding hydrogens is 256 g/mol. The number of ether oxygens (including phenoxy) is 1. The Bertz CT molecular complexity index is 494. The maximum atomic E-state index is 12.7. The molecule has 0 unspecified atom stereocenters. The van der Waals surface area contributed by atoms with Crippen LogP contribution in [-0.4, -0.2) is 34.4 Å². The number of hydrogen-bond donors (Lipinski definition) is 3. The van der Waals surface area contributed by atoms with E-state index in [-0.39, 0.29) is 0 Å². The van der Waals surface area contributed by atoms with Gasteiger partial charge in [-0.3, -0.25) is 5.32 Å². The molecule has 0 saturated carbocycles. The number of carbonyl (C=O) groups is 1. The van der Waals surface area contributed by atoms with Crippen molar-refractivity contribution < 1.29 is 32.8 Å². The summed E-state index contributed by atoms with van der Waals surface area (Å²) in [6, 6.07) is 1.00. The Morgan fingerprint density at radius 3 is 2.67 bits per heavy atom. The van der Waals surface area contributed by atoms with Gasteiger partial charge in [0, 0.05) is 11.8 Å². The zero-order chi connectivity index (χ0) is 13.5. The Morgan fingerprint density at radius 1 is 1.44 bits per heavy atom. The molecule has 1 amide bonds. The van der Waals surface area contributed by atoms with E-state index in [0.717, 1.165) is 12.3 Å².